The van der Waals surface area contributed by atoms with Crippen molar-refractivity contribution in [3.8, 4) is 5.75 Å². The molecule has 0 bridgehead atoms. The van der Waals surface area contributed by atoms with Crippen molar-refractivity contribution in [3.05, 3.63) is 83.4 Å². The molecule has 0 saturated carbocycles. The second-order valence-electron chi connectivity index (χ2n) is 5.92. The predicted molar refractivity (Wildman–Crippen MR) is 91.4 cm³/mol. The maximum atomic E-state index is 13.7. The van der Waals surface area contributed by atoms with E-state index in [4.69, 9.17) is 0 Å². The van der Waals surface area contributed by atoms with E-state index in [1.807, 2.05) is 0 Å². The van der Waals surface area contributed by atoms with Crippen molar-refractivity contribution in [2.24, 2.45) is 7.05 Å². The molecule has 5 nitrogen and oxygen atoms in total. The van der Waals surface area contributed by atoms with Gasteiger partial charge in [-0.3, -0.25) is 4.79 Å². The van der Waals surface area contributed by atoms with Gasteiger partial charge in [0.1, 0.15) is 17.6 Å². The number of carbonyl (C=O) groups is 1. The summed E-state index contributed by atoms with van der Waals surface area (Å²) in [4.78, 5) is 16.7. The number of aromatic nitrogens is 2. The number of halogens is 2. The van der Waals surface area contributed by atoms with Gasteiger partial charge in [-0.05, 0) is 35.4 Å². The Morgan fingerprint density at radius 3 is 2.69 bits per heavy atom. The molecule has 7 heteroatoms. The average Bonchev–Trinajstić information content (AvgIpc) is 3.01. The van der Waals surface area contributed by atoms with Gasteiger partial charge in [0, 0.05) is 19.4 Å². The maximum absolute atomic E-state index is 13.7. The third kappa shape index (κ3) is 3.88. The number of aromatic hydroxyl groups is 1. The zero-order valence-corrected chi connectivity index (χ0v) is 14.0. The zero-order valence-electron chi connectivity index (χ0n) is 14.0. The summed E-state index contributed by atoms with van der Waals surface area (Å²) in [6, 6.07) is 9.09. The minimum absolute atomic E-state index is 0.0268. The van der Waals surface area contributed by atoms with Crippen molar-refractivity contribution in [1.82, 2.24) is 14.9 Å². The summed E-state index contributed by atoms with van der Waals surface area (Å²) < 4.78 is 28.6. The highest BCUT2D eigenvalue weighted by atomic mass is 19.2. The molecule has 0 spiro atoms. The standard InChI is InChI=1S/C19H17F2N3O2/c1-24-8-7-22-19(24)18(13-5-6-15(20)16(21)11-13)23-17(26)10-12-3-2-4-14(25)9-12/h2-9,11,18,25H,10H2,1H3,(H,23,26)/t18-/m0/s1. The largest absolute Gasteiger partial charge is 0.508 e. The maximum Gasteiger partial charge on any atom is 0.225 e. The van der Waals surface area contributed by atoms with Crippen LogP contribution in [0.15, 0.2) is 54.9 Å². The van der Waals surface area contributed by atoms with Crippen LogP contribution in [-0.2, 0) is 18.3 Å². The zero-order chi connectivity index (χ0) is 18.7. The fourth-order valence-electron chi connectivity index (χ4n) is 2.71. The molecule has 2 N–H and O–H groups in total. The van der Waals surface area contributed by atoms with Gasteiger partial charge in [-0.1, -0.05) is 18.2 Å². The van der Waals surface area contributed by atoms with Gasteiger partial charge in [0.2, 0.25) is 5.91 Å². The van der Waals surface area contributed by atoms with Crippen molar-refractivity contribution < 1.29 is 18.7 Å². The van der Waals surface area contributed by atoms with Crippen LogP contribution in [0.2, 0.25) is 0 Å². The number of amides is 1. The number of imidazole rings is 1. The smallest absolute Gasteiger partial charge is 0.225 e. The second-order valence-corrected chi connectivity index (χ2v) is 5.92. The van der Waals surface area contributed by atoms with Gasteiger partial charge in [0.15, 0.2) is 11.6 Å². The lowest BCUT2D eigenvalue weighted by Crippen LogP contribution is -2.32. The molecule has 134 valence electrons. The highest BCUT2D eigenvalue weighted by Crippen LogP contribution is 2.23. The molecule has 0 aliphatic carbocycles. The van der Waals surface area contributed by atoms with Crippen molar-refractivity contribution in [3.63, 3.8) is 0 Å². The third-order valence-electron chi connectivity index (χ3n) is 3.97. The number of nitrogens with one attached hydrogen (secondary N) is 1. The quantitative estimate of drug-likeness (QED) is 0.738. The first-order valence-corrected chi connectivity index (χ1v) is 7.93. The normalized spacial score (nSPS) is 12.0. The Bertz CT molecular complexity index is 940. The van der Waals surface area contributed by atoms with Gasteiger partial charge in [-0.25, -0.2) is 13.8 Å². The Morgan fingerprint density at radius 1 is 1.23 bits per heavy atom. The fourth-order valence-corrected chi connectivity index (χ4v) is 2.71. The first-order chi connectivity index (χ1) is 12.4. The number of nitrogens with zero attached hydrogens (tertiary/aromatic N) is 2. The van der Waals surface area contributed by atoms with E-state index in [-0.39, 0.29) is 18.1 Å². The summed E-state index contributed by atoms with van der Waals surface area (Å²) in [6.07, 6.45) is 3.28. The Balaban J connectivity index is 1.87. The topological polar surface area (TPSA) is 67.2 Å². The number of benzene rings is 2. The number of rotatable bonds is 5. The monoisotopic (exact) mass is 357 g/mol. The molecule has 0 radical (unpaired) electrons. The lowest BCUT2D eigenvalue weighted by molar-refractivity contribution is -0.121. The van der Waals surface area contributed by atoms with E-state index < -0.39 is 17.7 Å². The van der Waals surface area contributed by atoms with Gasteiger partial charge in [-0.15, -0.1) is 0 Å². The van der Waals surface area contributed by atoms with Crippen LogP contribution in [0.1, 0.15) is 23.0 Å². The van der Waals surface area contributed by atoms with Crippen molar-refractivity contribution in [2.75, 3.05) is 0 Å². The fraction of sp³-hybridized carbons (Fsp3) is 0.158. The van der Waals surface area contributed by atoms with E-state index >= 15 is 0 Å². The van der Waals surface area contributed by atoms with Crippen LogP contribution in [0.5, 0.6) is 5.75 Å². The van der Waals surface area contributed by atoms with E-state index in [1.54, 1.807) is 36.1 Å². The van der Waals surface area contributed by atoms with Gasteiger partial charge in [0.05, 0.1) is 6.42 Å². The van der Waals surface area contributed by atoms with Gasteiger partial charge < -0.3 is 15.0 Å². The van der Waals surface area contributed by atoms with Gasteiger partial charge in [0.25, 0.3) is 0 Å². The molecular weight excluding hydrogens is 340 g/mol. The summed E-state index contributed by atoms with van der Waals surface area (Å²) >= 11 is 0. The van der Waals surface area contributed by atoms with Crippen molar-refractivity contribution in [1.29, 1.82) is 0 Å². The number of hydrogen-bond acceptors (Lipinski definition) is 3. The molecule has 3 rings (SSSR count). The first kappa shape index (κ1) is 17.6. The number of hydrogen-bond donors (Lipinski definition) is 2. The molecule has 3 aromatic rings. The summed E-state index contributed by atoms with van der Waals surface area (Å²) in [5.41, 5.74) is 1.01. The molecule has 0 aliphatic heterocycles. The molecule has 0 saturated heterocycles. The van der Waals surface area contributed by atoms with Crippen LogP contribution < -0.4 is 5.32 Å². The van der Waals surface area contributed by atoms with Gasteiger partial charge >= 0.3 is 0 Å². The molecule has 26 heavy (non-hydrogen) atoms. The van der Waals surface area contributed by atoms with E-state index in [0.29, 0.717) is 17.0 Å². The molecular formula is C19H17F2N3O2. The Kier molecular flexibility index (Phi) is 4.97. The van der Waals surface area contributed by atoms with Crippen LogP contribution in [-0.4, -0.2) is 20.6 Å². The molecule has 1 heterocycles. The van der Waals surface area contributed by atoms with E-state index in [1.165, 1.54) is 18.2 Å². The molecule has 0 fully saturated rings. The first-order valence-electron chi connectivity index (χ1n) is 7.93. The Morgan fingerprint density at radius 2 is 2.04 bits per heavy atom. The van der Waals surface area contributed by atoms with Gasteiger partial charge in [-0.2, -0.15) is 0 Å². The summed E-state index contributed by atoms with van der Waals surface area (Å²) in [5, 5.41) is 12.3. The van der Waals surface area contributed by atoms with Crippen LogP contribution in [0.3, 0.4) is 0 Å². The lowest BCUT2D eigenvalue weighted by Gasteiger charge is -2.19. The summed E-state index contributed by atoms with van der Waals surface area (Å²) in [7, 11) is 1.75. The second kappa shape index (κ2) is 7.35. The Hall–Kier alpha value is -3.22. The van der Waals surface area contributed by atoms with Crippen LogP contribution in [0.4, 0.5) is 8.78 Å². The summed E-state index contributed by atoms with van der Waals surface area (Å²) in [6.45, 7) is 0. The minimum Gasteiger partial charge on any atom is -0.508 e. The highest BCUT2D eigenvalue weighted by Gasteiger charge is 2.22. The van der Waals surface area contributed by atoms with Crippen LogP contribution >= 0.6 is 0 Å². The van der Waals surface area contributed by atoms with Crippen molar-refractivity contribution in [2.45, 2.75) is 12.5 Å². The lowest BCUT2D eigenvalue weighted by atomic mass is 10.0. The number of aryl methyl sites for hydroxylation is 1. The number of phenolic OH excluding ortho intramolecular Hbond substituents is 1. The van der Waals surface area contributed by atoms with E-state index in [2.05, 4.69) is 10.3 Å². The summed E-state index contributed by atoms with van der Waals surface area (Å²) in [5.74, 6) is -1.74. The van der Waals surface area contributed by atoms with E-state index in [0.717, 1.165) is 12.1 Å². The van der Waals surface area contributed by atoms with Crippen LogP contribution in [0.25, 0.3) is 0 Å². The Labute approximate surface area is 148 Å². The molecule has 1 aromatic heterocycles. The molecule has 1 amide bonds. The highest BCUT2D eigenvalue weighted by molar-refractivity contribution is 5.79. The third-order valence-corrected chi connectivity index (χ3v) is 3.97. The van der Waals surface area contributed by atoms with E-state index in [9.17, 15) is 18.7 Å². The minimum atomic E-state index is -0.996. The SMILES string of the molecule is Cn1ccnc1[C@@H](NC(=O)Cc1cccc(O)c1)c1ccc(F)c(F)c1. The number of phenols is 1. The number of carbonyl (C=O) groups excluding carboxylic acids is 1. The average molecular weight is 357 g/mol. The molecule has 0 aliphatic rings. The van der Waals surface area contributed by atoms with Crippen LogP contribution in [0, 0.1) is 11.6 Å². The van der Waals surface area contributed by atoms with Crippen molar-refractivity contribution >= 4 is 5.91 Å². The molecule has 0 unspecified atom stereocenters. The molecule has 2 aromatic carbocycles. The molecule has 1 atom stereocenters. The predicted octanol–water partition coefficient (Wildman–Crippen LogP) is 2.85.